The van der Waals surface area contributed by atoms with Crippen molar-refractivity contribution in [1.82, 2.24) is 19.7 Å². The van der Waals surface area contributed by atoms with Crippen molar-refractivity contribution in [1.29, 1.82) is 0 Å². The van der Waals surface area contributed by atoms with Crippen molar-refractivity contribution in [3.8, 4) is 5.69 Å². The van der Waals surface area contributed by atoms with Crippen LogP contribution < -0.4 is 5.32 Å². The third-order valence-electron chi connectivity index (χ3n) is 4.90. The number of nitrogens with zero attached hydrogens (tertiary/aromatic N) is 4. The highest BCUT2D eigenvalue weighted by Crippen LogP contribution is 2.20. The first-order chi connectivity index (χ1) is 12.9. The summed E-state index contributed by atoms with van der Waals surface area (Å²) in [4.78, 5) is 18.4. The summed E-state index contributed by atoms with van der Waals surface area (Å²) in [5.41, 5.74) is 5.32. The van der Waals surface area contributed by atoms with E-state index in [1.165, 1.54) is 17.5 Å². The molecule has 0 saturated heterocycles. The van der Waals surface area contributed by atoms with Crippen molar-refractivity contribution >= 4 is 11.6 Å². The van der Waals surface area contributed by atoms with Crippen LogP contribution >= 0.6 is 0 Å². The highest BCUT2D eigenvalue weighted by Gasteiger charge is 2.15. The maximum absolute atomic E-state index is 12.4. The van der Waals surface area contributed by atoms with E-state index in [2.05, 4.69) is 41.4 Å². The average molecular weight is 363 g/mol. The number of anilines is 1. The van der Waals surface area contributed by atoms with Gasteiger partial charge in [0.2, 0.25) is 5.91 Å². The number of hydrogen-bond acceptors (Lipinski definition) is 4. The fourth-order valence-corrected chi connectivity index (χ4v) is 2.88. The van der Waals surface area contributed by atoms with Gasteiger partial charge in [-0.1, -0.05) is 18.2 Å². The van der Waals surface area contributed by atoms with Crippen molar-refractivity contribution < 1.29 is 4.79 Å². The molecule has 0 aliphatic heterocycles. The topological polar surface area (TPSA) is 63.1 Å². The molecule has 0 radical (unpaired) electrons. The minimum absolute atomic E-state index is 0.0214. The van der Waals surface area contributed by atoms with Gasteiger partial charge in [-0.2, -0.15) is 5.10 Å². The van der Waals surface area contributed by atoms with E-state index in [1.807, 2.05) is 49.2 Å². The summed E-state index contributed by atoms with van der Waals surface area (Å²) in [6, 6.07) is 14.2. The largest absolute Gasteiger partial charge is 0.325 e. The Morgan fingerprint density at radius 2 is 1.89 bits per heavy atom. The molecule has 6 heteroatoms. The predicted octanol–water partition coefficient (Wildman–Crippen LogP) is 3.52. The Labute approximate surface area is 159 Å². The highest BCUT2D eigenvalue weighted by atomic mass is 16.2. The molecule has 0 bridgehead atoms. The van der Waals surface area contributed by atoms with Crippen LogP contribution in [0.15, 0.2) is 55.1 Å². The Kier molecular flexibility index (Phi) is 5.66. The molecule has 0 unspecified atom stereocenters. The van der Waals surface area contributed by atoms with Crippen LogP contribution in [0.5, 0.6) is 0 Å². The zero-order valence-corrected chi connectivity index (χ0v) is 16.2. The molecular weight excluding hydrogens is 338 g/mol. The number of aromatic nitrogens is 3. The first-order valence-electron chi connectivity index (χ1n) is 8.96. The molecule has 0 fully saturated rings. The zero-order chi connectivity index (χ0) is 19.4. The molecule has 27 heavy (non-hydrogen) atoms. The van der Waals surface area contributed by atoms with Gasteiger partial charge in [0.05, 0.1) is 12.2 Å². The van der Waals surface area contributed by atoms with Crippen LogP contribution in [0.1, 0.15) is 29.7 Å². The summed E-state index contributed by atoms with van der Waals surface area (Å²) in [5.74, 6) is -0.0214. The van der Waals surface area contributed by atoms with Crippen LogP contribution in [0.2, 0.25) is 0 Å². The molecule has 0 aliphatic carbocycles. The number of carbonyl (C=O) groups excluding carboxylic acids is 1. The van der Waals surface area contributed by atoms with Crippen LogP contribution in [-0.2, 0) is 4.79 Å². The molecule has 3 aromatic rings. The minimum Gasteiger partial charge on any atom is -0.325 e. The van der Waals surface area contributed by atoms with E-state index in [4.69, 9.17) is 0 Å². The van der Waals surface area contributed by atoms with E-state index in [0.29, 0.717) is 6.54 Å². The van der Waals surface area contributed by atoms with Crippen molar-refractivity contribution in [3.05, 3.63) is 71.8 Å². The summed E-state index contributed by atoms with van der Waals surface area (Å²) < 4.78 is 1.72. The quantitative estimate of drug-likeness (QED) is 0.728. The van der Waals surface area contributed by atoms with Gasteiger partial charge in [-0.25, -0.2) is 9.67 Å². The van der Waals surface area contributed by atoms with Crippen molar-refractivity contribution in [2.24, 2.45) is 0 Å². The van der Waals surface area contributed by atoms with E-state index in [-0.39, 0.29) is 11.9 Å². The summed E-state index contributed by atoms with van der Waals surface area (Å²) >= 11 is 0. The van der Waals surface area contributed by atoms with E-state index in [1.54, 1.807) is 11.0 Å². The molecule has 1 amide bonds. The van der Waals surface area contributed by atoms with Gasteiger partial charge in [0.1, 0.15) is 12.7 Å². The van der Waals surface area contributed by atoms with Crippen molar-refractivity contribution in [3.63, 3.8) is 0 Å². The average Bonchev–Trinajstić information content (AvgIpc) is 3.19. The molecular formula is C21H25N5O. The third kappa shape index (κ3) is 4.60. The molecule has 6 nitrogen and oxygen atoms in total. The maximum atomic E-state index is 12.4. The number of amides is 1. The fraction of sp³-hybridized carbons (Fsp3) is 0.286. The first-order valence-corrected chi connectivity index (χ1v) is 8.96. The lowest BCUT2D eigenvalue weighted by Gasteiger charge is -2.24. The van der Waals surface area contributed by atoms with Crippen LogP contribution in [0.3, 0.4) is 0 Å². The number of benzene rings is 2. The molecule has 1 heterocycles. The Morgan fingerprint density at radius 3 is 2.52 bits per heavy atom. The van der Waals surface area contributed by atoms with Gasteiger partial charge in [-0.05, 0) is 68.8 Å². The SMILES string of the molecule is Cc1ccc(NC(=O)CN(C)[C@@H](C)c2ccc(-n3cncn3)cc2)cc1C. The summed E-state index contributed by atoms with van der Waals surface area (Å²) in [6.45, 7) is 6.51. The smallest absolute Gasteiger partial charge is 0.238 e. The third-order valence-corrected chi connectivity index (χ3v) is 4.90. The van der Waals surface area contributed by atoms with E-state index >= 15 is 0 Å². The van der Waals surface area contributed by atoms with Gasteiger partial charge in [0, 0.05) is 11.7 Å². The predicted molar refractivity (Wildman–Crippen MR) is 107 cm³/mol. The monoisotopic (exact) mass is 363 g/mol. The zero-order valence-electron chi connectivity index (χ0n) is 16.2. The van der Waals surface area contributed by atoms with E-state index in [9.17, 15) is 4.79 Å². The number of hydrogen-bond donors (Lipinski definition) is 1. The lowest BCUT2D eigenvalue weighted by atomic mass is 10.1. The van der Waals surface area contributed by atoms with Gasteiger partial charge in [-0.3, -0.25) is 9.69 Å². The minimum atomic E-state index is -0.0214. The lowest BCUT2D eigenvalue weighted by Crippen LogP contribution is -2.32. The summed E-state index contributed by atoms with van der Waals surface area (Å²) in [6.07, 6.45) is 3.18. The fourth-order valence-electron chi connectivity index (χ4n) is 2.88. The second-order valence-corrected chi connectivity index (χ2v) is 6.87. The van der Waals surface area contributed by atoms with Crippen LogP contribution in [0.25, 0.3) is 5.69 Å². The van der Waals surface area contributed by atoms with Gasteiger partial charge in [0.15, 0.2) is 0 Å². The second kappa shape index (κ2) is 8.14. The molecule has 1 N–H and O–H groups in total. The van der Waals surface area contributed by atoms with Crippen LogP contribution in [0, 0.1) is 13.8 Å². The standard InChI is InChI=1S/C21H25N5O/c1-15-5-8-19(11-16(15)2)24-21(27)12-25(4)17(3)18-6-9-20(10-7-18)26-14-22-13-23-26/h5-11,13-14,17H,12H2,1-4H3,(H,24,27)/t17-/m0/s1. The van der Waals surface area contributed by atoms with Gasteiger partial charge in [0.25, 0.3) is 0 Å². The molecule has 1 atom stereocenters. The molecule has 0 aliphatic rings. The number of likely N-dealkylation sites (N-methyl/N-ethyl adjacent to an activating group) is 1. The van der Waals surface area contributed by atoms with Gasteiger partial charge >= 0.3 is 0 Å². The number of rotatable bonds is 6. The number of aryl methyl sites for hydroxylation is 2. The highest BCUT2D eigenvalue weighted by molar-refractivity contribution is 5.92. The molecule has 3 rings (SSSR count). The van der Waals surface area contributed by atoms with E-state index < -0.39 is 0 Å². The Balaban J connectivity index is 1.60. The molecule has 2 aromatic carbocycles. The van der Waals surface area contributed by atoms with Crippen LogP contribution in [0.4, 0.5) is 5.69 Å². The molecule has 0 saturated carbocycles. The summed E-state index contributed by atoms with van der Waals surface area (Å²) in [7, 11) is 1.95. The maximum Gasteiger partial charge on any atom is 0.238 e. The molecule has 140 valence electrons. The normalized spacial score (nSPS) is 12.2. The number of nitrogens with one attached hydrogen (secondary N) is 1. The number of carbonyl (C=O) groups is 1. The Morgan fingerprint density at radius 1 is 1.15 bits per heavy atom. The molecule has 0 spiro atoms. The van der Waals surface area contributed by atoms with E-state index in [0.717, 1.165) is 16.9 Å². The summed E-state index contributed by atoms with van der Waals surface area (Å²) in [5, 5.41) is 7.10. The van der Waals surface area contributed by atoms with Gasteiger partial charge in [-0.15, -0.1) is 0 Å². The van der Waals surface area contributed by atoms with Crippen LogP contribution in [-0.4, -0.2) is 39.2 Å². The van der Waals surface area contributed by atoms with Gasteiger partial charge < -0.3 is 5.32 Å². The first kappa shape index (κ1) is 18.8. The van der Waals surface area contributed by atoms with Crippen molar-refractivity contribution in [2.75, 3.05) is 18.9 Å². The second-order valence-electron chi connectivity index (χ2n) is 6.87. The van der Waals surface area contributed by atoms with Crippen molar-refractivity contribution in [2.45, 2.75) is 26.8 Å². The molecule has 1 aromatic heterocycles. The Bertz CT molecular complexity index is 903. The Hall–Kier alpha value is -2.99. The lowest BCUT2D eigenvalue weighted by molar-refractivity contribution is -0.117.